The molecule has 1 aromatic heterocycles. The van der Waals surface area contributed by atoms with Gasteiger partial charge in [0.15, 0.2) is 0 Å². The highest BCUT2D eigenvalue weighted by Gasteiger charge is 2.25. The molecule has 0 amide bonds. The number of likely N-dealkylation sites (tertiary alicyclic amines) is 1. The van der Waals surface area contributed by atoms with Crippen LogP contribution in [0.2, 0.25) is 0 Å². The van der Waals surface area contributed by atoms with E-state index in [1.54, 1.807) is 34.9 Å². The fourth-order valence-corrected chi connectivity index (χ4v) is 5.91. The van der Waals surface area contributed by atoms with E-state index in [4.69, 9.17) is 18.6 Å². The Hall–Kier alpha value is -2.74. The largest absolute Gasteiger partial charge is 0.491 e. The summed E-state index contributed by atoms with van der Waals surface area (Å²) in [5, 5.41) is 0.364. The predicted molar refractivity (Wildman–Crippen MR) is 170 cm³/mol. The number of nitrogens with zero attached hydrogens (tertiary/aromatic N) is 3. The highest BCUT2D eigenvalue weighted by Crippen LogP contribution is 2.30. The third-order valence-electron chi connectivity index (χ3n) is 7.36. The smallest absolute Gasteiger partial charge is 0.261 e. The minimum atomic E-state index is -0.527. The number of halogens is 3. The van der Waals surface area contributed by atoms with E-state index in [0.29, 0.717) is 47.3 Å². The molecule has 0 spiro atoms. The minimum Gasteiger partial charge on any atom is -0.491 e. The standard InChI is InChI=1S/C31H32F2IN3O4S/c1-20(2)36-13-3-4-21(18-36)19-37-30(26-11-9-24(17-28(26)33)39-14-15-40-42-34)35-29-12-10-25(16-27(29)31(37)38)41-23-7-5-22(32)6-8-23/h5-12,16-17,20-21H,3-4,13-15,18-19H2,1-2H3. The fourth-order valence-electron chi connectivity index (χ4n) is 5.24. The molecule has 11 heteroatoms. The number of rotatable bonds is 11. The molecule has 1 unspecified atom stereocenters. The first kappa shape index (κ1) is 30.7. The van der Waals surface area contributed by atoms with Crippen LogP contribution in [0, 0.1) is 17.6 Å². The number of ether oxygens (including phenoxy) is 2. The van der Waals surface area contributed by atoms with Crippen molar-refractivity contribution in [3.05, 3.63) is 82.7 Å². The summed E-state index contributed by atoms with van der Waals surface area (Å²) in [7, 11) is 1.21. The quantitative estimate of drug-likeness (QED) is 0.0902. The van der Waals surface area contributed by atoms with Crippen LogP contribution in [0.4, 0.5) is 8.78 Å². The van der Waals surface area contributed by atoms with E-state index in [1.165, 1.54) is 39.5 Å². The Labute approximate surface area is 260 Å². The Morgan fingerprint density at radius 1 is 1.02 bits per heavy atom. The number of fused-ring (bicyclic) bond motifs is 1. The first-order chi connectivity index (χ1) is 20.3. The molecule has 4 aromatic rings. The lowest BCUT2D eigenvalue weighted by molar-refractivity contribution is 0.130. The van der Waals surface area contributed by atoms with E-state index < -0.39 is 5.82 Å². The second kappa shape index (κ2) is 14.2. The fraction of sp³-hybridized carbons (Fsp3) is 0.355. The van der Waals surface area contributed by atoms with Crippen LogP contribution in [-0.4, -0.2) is 46.8 Å². The molecule has 42 heavy (non-hydrogen) atoms. The first-order valence-electron chi connectivity index (χ1n) is 13.9. The Morgan fingerprint density at radius 3 is 2.52 bits per heavy atom. The lowest BCUT2D eigenvalue weighted by atomic mass is 9.96. The van der Waals surface area contributed by atoms with Crippen LogP contribution in [0.1, 0.15) is 26.7 Å². The van der Waals surface area contributed by atoms with E-state index in [-0.39, 0.29) is 35.3 Å². The molecule has 3 aromatic carbocycles. The van der Waals surface area contributed by atoms with Crippen molar-refractivity contribution >= 4 is 41.3 Å². The van der Waals surface area contributed by atoms with E-state index in [0.717, 1.165) is 25.9 Å². The van der Waals surface area contributed by atoms with Crippen molar-refractivity contribution in [3.63, 3.8) is 0 Å². The van der Waals surface area contributed by atoms with E-state index in [1.807, 2.05) is 21.2 Å². The van der Waals surface area contributed by atoms with Crippen LogP contribution < -0.4 is 15.0 Å². The lowest BCUT2D eigenvalue weighted by Gasteiger charge is -2.35. The van der Waals surface area contributed by atoms with Gasteiger partial charge >= 0.3 is 0 Å². The molecular weight excluding hydrogens is 675 g/mol. The Bertz CT molecular complexity index is 1590. The molecule has 0 aliphatic carbocycles. The number of hydrogen-bond donors (Lipinski definition) is 0. The molecule has 5 rings (SSSR count). The van der Waals surface area contributed by atoms with E-state index >= 15 is 4.39 Å². The summed E-state index contributed by atoms with van der Waals surface area (Å²) < 4.78 is 47.2. The lowest BCUT2D eigenvalue weighted by Crippen LogP contribution is -2.42. The SMILES string of the molecule is CC(C)N1CCCC(Cn2c(-c3ccc(OCCOSI)cc3F)nc3ccc(Oc4ccc(F)cc4)cc3c2=O)C1. The summed E-state index contributed by atoms with van der Waals surface area (Å²) in [5.41, 5.74) is 0.385. The Morgan fingerprint density at radius 2 is 1.79 bits per heavy atom. The van der Waals surface area contributed by atoms with E-state index in [9.17, 15) is 9.18 Å². The molecule has 7 nitrogen and oxygen atoms in total. The maximum absolute atomic E-state index is 15.6. The normalized spacial score (nSPS) is 15.8. The van der Waals surface area contributed by atoms with Crippen LogP contribution in [0.25, 0.3) is 22.3 Å². The van der Waals surface area contributed by atoms with Crippen molar-refractivity contribution in [2.75, 3.05) is 26.3 Å². The van der Waals surface area contributed by atoms with Crippen LogP contribution in [0.15, 0.2) is 65.5 Å². The second-order valence-corrected chi connectivity index (χ2v) is 12.0. The monoisotopic (exact) mass is 707 g/mol. The van der Waals surface area contributed by atoms with Gasteiger partial charge in [-0.05, 0) is 93.7 Å². The molecule has 2 heterocycles. The van der Waals surface area contributed by atoms with Crippen LogP contribution >= 0.6 is 30.4 Å². The van der Waals surface area contributed by atoms with Gasteiger partial charge in [-0.15, -0.1) is 0 Å². The summed E-state index contributed by atoms with van der Waals surface area (Å²) in [6, 6.07) is 15.7. The van der Waals surface area contributed by atoms with Gasteiger partial charge in [0.25, 0.3) is 5.56 Å². The summed E-state index contributed by atoms with van der Waals surface area (Å²) in [5.74, 6) is 0.826. The van der Waals surface area contributed by atoms with Gasteiger partial charge in [-0.1, -0.05) is 0 Å². The molecule has 1 fully saturated rings. The Kier molecular flexibility index (Phi) is 10.3. The van der Waals surface area contributed by atoms with Crippen molar-refractivity contribution in [1.82, 2.24) is 14.5 Å². The van der Waals surface area contributed by atoms with Gasteiger partial charge in [0.2, 0.25) is 0 Å². The number of aromatic nitrogens is 2. The van der Waals surface area contributed by atoms with Crippen molar-refractivity contribution in [2.45, 2.75) is 39.3 Å². The van der Waals surface area contributed by atoms with E-state index in [2.05, 4.69) is 18.7 Å². The van der Waals surface area contributed by atoms with Crippen LogP contribution in [-0.2, 0) is 10.7 Å². The maximum atomic E-state index is 15.6. The van der Waals surface area contributed by atoms with Gasteiger partial charge in [-0.25, -0.2) is 13.8 Å². The maximum Gasteiger partial charge on any atom is 0.261 e. The average molecular weight is 708 g/mol. The van der Waals surface area contributed by atoms with Crippen molar-refractivity contribution in [3.8, 4) is 28.6 Å². The van der Waals surface area contributed by atoms with Crippen molar-refractivity contribution in [2.24, 2.45) is 5.92 Å². The zero-order valence-electron chi connectivity index (χ0n) is 23.4. The third-order valence-corrected chi connectivity index (χ3v) is 8.38. The molecule has 1 aliphatic heterocycles. The zero-order chi connectivity index (χ0) is 29.6. The van der Waals surface area contributed by atoms with Gasteiger partial charge in [0.05, 0.1) is 32.3 Å². The molecule has 1 aliphatic rings. The third kappa shape index (κ3) is 7.42. The van der Waals surface area contributed by atoms with Crippen LogP contribution in [0.3, 0.4) is 0 Å². The van der Waals surface area contributed by atoms with Crippen LogP contribution in [0.5, 0.6) is 17.2 Å². The molecule has 0 saturated carbocycles. The Balaban J connectivity index is 1.53. The molecule has 1 atom stereocenters. The topological polar surface area (TPSA) is 65.8 Å². The highest BCUT2D eigenvalue weighted by molar-refractivity contribution is 14.2. The van der Waals surface area contributed by atoms with Crippen molar-refractivity contribution in [1.29, 1.82) is 0 Å². The molecular formula is C31H32F2IN3O4S. The summed E-state index contributed by atoms with van der Waals surface area (Å²) in [6.07, 6.45) is 2.00. The zero-order valence-corrected chi connectivity index (χ0v) is 26.4. The summed E-state index contributed by atoms with van der Waals surface area (Å²) in [6.45, 7) is 7.27. The number of piperidine rings is 1. The summed E-state index contributed by atoms with van der Waals surface area (Å²) in [4.78, 5) is 21.3. The van der Waals surface area contributed by atoms with Gasteiger partial charge in [-0.2, -0.15) is 0 Å². The minimum absolute atomic E-state index is 0.205. The molecule has 1 saturated heterocycles. The van der Waals surface area contributed by atoms with Gasteiger partial charge in [0, 0.05) is 46.4 Å². The van der Waals surface area contributed by atoms with Gasteiger partial charge < -0.3 is 18.6 Å². The molecule has 0 bridgehead atoms. The molecule has 222 valence electrons. The molecule has 0 radical (unpaired) electrons. The highest BCUT2D eigenvalue weighted by atomic mass is 127. The van der Waals surface area contributed by atoms with Gasteiger partial charge in [0.1, 0.15) is 41.3 Å². The second-order valence-electron chi connectivity index (χ2n) is 10.6. The number of benzene rings is 3. The first-order valence-corrected chi connectivity index (χ1v) is 17.2. The number of hydrogen-bond acceptors (Lipinski definition) is 7. The average Bonchev–Trinajstić information content (AvgIpc) is 2.98. The van der Waals surface area contributed by atoms with Crippen molar-refractivity contribution < 1.29 is 22.4 Å². The predicted octanol–water partition coefficient (Wildman–Crippen LogP) is 7.65. The van der Waals surface area contributed by atoms with Gasteiger partial charge in [-0.3, -0.25) is 9.36 Å². The summed E-state index contributed by atoms with van der Waals surface area (Å²) >= 11 is 2.02. The molecule has 0 N–H and O–H groups in total.